The Bertz CT molecular complexity index is 495. The first kappa shape index (κ1) is 14.9. The lowest BCUT2D eigenvalue weighted by Gasteiger charge is -2.11. The molecule has 1 aromatic carbocycles. The van der Waals surface area contributed by atoms with Crippen molar-refractivity contribution in [1.29, 1.82) is 0 Å². The first-order chi connectivity index (χ1) is 10.3. The number of benzene rings is 1. The van der Waals surface area contributed by atoms with Gasteiger partial charge in [-0.25, -0.2) is 0 Å². The van der Waals surface area contributed by atoms with Crippen LogP contribution in [0.3, 0.4) is 0 Å². The van der Waals surface area contributed by atoms with Gasteiger partial charge in [0.25, 0.3) is 0 Å². The molecule has 1 fully saturated rings. The summed E-state index contributed by atoms with van der Waals surface area (Å²) in [6.45, 7) is 4.05. The van der Waals surface area contributed by atoms with Gasteiger partial charge in [0, 0.05) is 20.1 Å². The number of methoxy groups -OCH3 is 1. The van der Waals surface area contributed by atoms with Crippen LogP contribution in [0.4, 0.5) is 0 Å². The van der Waals surface area contributed by atoms with Gasteiger partial charge in [-0.3, -0.25) is 0 Å². The maximum absolute atomic E-state index is 6.35. The van der Waals surface area contributed by atoms with E-state index in [4.69, 9.17) is 25.8 Å². The smallest absolute Gasteiger partial charge is 0.179 e. The lowest BCUT2D eigenvalue weighted by Crippen LogP contribution is -2.21. The zero-order chi connectivity index (χ0) is 14.7. The van der Waals surface area contributed by atoms with Gasteiger partial charge >= 0.3 is 0 Å². The molecular weight excluding hydrogens is 290 g/mol. The molecule has 2 aliphatic rings. The fourth-order valence-corrected chi connectivity index (χ4v) is 3.08. The predicted molar refractivity (Wildman–Crippen MR) is 82.7 cm³/mol. The molecule has 4 nitrogen and oxygen atoms in total. The molecule has 21 heavy (non-hydrogen) atoms. The van der Waals surface area contributed by atoms with E-state index in [9.17, 15) is 0 Å². The van der Waals surface area contributed by atoms with E-state index in [1.54, 1.807) is 7.11 Å². The van der Waals surface area contributed by atoms with Gasteiger partial charge in [0.1, 0.15) is 0 Å². The van der Waals surface area contributed by atoms with E-state index in [0.29, 0.717) is 35.8 Å². The number of hydrogen-bond acceptors (Lipinski definition) is 4. The van der Waals surface area contributed by atoms with Crippen LogP contribution >= 0.6 is 11.6 Å². The topological polar surface area (TPSA) is 39.7 Å². The summed E-state index contributed by atoms with van der Waals surface area (Å²) in [5.41, 5.74) is 1.27. The monoisotopic (exact) mass is 311 g/mol. The van der Waals surface area contributed by atoms with Crippen molar-refractivity contribution in [2.45, 2.75) is 18.8 Å². The van der Waals surface area contributed by atoms with Crippen molar-refractivity contribution in [3.8, 4) is 11.5 Å². The van der Waals surface area contributed by atoms with Crippen LogP contribution in [0.2, 0.25) is 5.02 Å². The second kappa shape index (κ2) is 6.86. The van der Waals surface area contributed by atoms with Crippen LogP contribution in [0.1, 0.15) is 24.3 Å². The van der Waals surface area contributed by atoms with Gasteiger partial charge in [0.15, 0.2) is 11.5 Å². The normalized spacial score (nSPS) is 23.7. The van der Waals surface area contributed by atoms with Crippen LogP contribution < -0.4 is 14.8 Å². The fraction of sp³-hybridized carbons (Fsp3) is 0.625. The highest BCUT2D eigenvalue weighted by Crippen LogP contribution is 2.50. The van der Waals surface area contributed by atoms with Gasteiger partial charge in [-0.15, -0.1) is 0 Å². The largest absolute Gasteiger partial charge is 0.489 e. The SMILES string of the molecule is COCCNCC1CC1c1cc(Cl)c2c(c1)OCCCO2. The Kier molecular flexibility index (Phi) is 4.88. The molecule has 0 amide bonds. The second-order valence-electron chi connectivity index (χ2n) is 5.68. The van der Waals surface area contributed by atoms with Gasteiger partial charge in [0.05, 0.1) is 24.8 Å². The van der Waals surface area contributed by atoms with Crippen LogP contribution in [0.5, 0.6) is 11.5 Å². The van der Waals surface area contributed by atoms with Crippen molar-refractivity contribution in [3.63, 3.8) is 0 Å². The molecule has 116 valence electrons. The summed E-state index contributed by atoms with van der Waals surface area (Å²) >= 11 is 6.35. The summed E-state index contributed by atoms with van der Waals surface area (Å²) in [6.07, 6.45) is 2.10. The van der Waals surface area contributed by atoms with Crippen LogP contribution in [0.25, 0.3) is 0 Å². The lowest BCUT2D eigenvalue weighted by atomic mass is 10.1. The molecule has 0 spiro atoms. The predicted octanol–water partition coefficient (Wildman–Crippen LogP) is 2.84. The molecule has 1 saturated carbocycles. The lowest BCUT2D eigenvalue weighted by molar-refractivity contribution is 0.199. The van der Waals surface area contributed by atoms with E-state index in [-0.39, 0.29) is 0 Å². The average molecular weight is 312 g/mol. The Labute approximate surface area is 130 Å². The number of ether oxygens (including phenoxy) is 3. The maximum Gasteiger partial charge on any atom is 0.179 e. The van der Waals surface area contributed by atoms with E-state index >= 15 is 0 Å². The Hall–Kier alpha value is -0.970. The van der Waals surface area contributed by atoms with Crippen LogP contribution in [0.15, 0.2) is 12.1 Å². The van der Waals surface area contributed by atoms with Crippen molar-refractivity contribution in [2.24, 2.45) is 5.92 Å². The quantitative estimate of drug-likeness (QED) is 0.820. The number of rotatable bonds is 6. The number of nitrogens with one attached hydrogen (secondary N) is 1. The molecule has 2 unspecified atom stereocenters. The minimum absolute atomic E-state index is 0.578. The van der Waals surface area contributed by atoms with Crippen molar-refractivity contribution in [1.82, 2.24) is 5.32 Å². The molecule has 1 aliphatic carbocycles. The van der Waals surface area contributed by atoms with Crippen molar-refractivity contribution in [3.05, 3.63) is 22.7 Å². The average Bonchev–Trinajstić information content (AvgIpc) is 3.26. The third-order valence-corrected chi connectivity index (χ3v) is 4.35. The van der Waals surface area contributed by atoms with Gasteiger partial charge in [-0.2, -0.15) is 0 Å². The summed E-state index contributed by atoms with van der Waals surface area (Å²) in [4.78, 5) is 0. The van der Waals surface area contributed by atoms with E-state index in [2.05, 4.69) is 11.4 Å². The standard InChI is InChI=1S/C16H22ClNO3/c1-19-6-3-18-10-12-7-13(12)11-8-14(17)16-15(9-11)20-4-2-5-21-16/h8-9,12-13,18H,2-7,10H2,1H3. The summed E-state index contributed by atoms with van der Waals surface area (Å²) in [5, 5.41) is 4.09. The Balaban J connectivity index is 1.62. The fourth-order valence-electron chi connectivity index (χ4n) is 2.81. The zero-order valence-corrected chi connectivity index (χ0v) is 13.1. The van der Waals surface area contributed by atoms with Crippen LogP contribution in [0, 0.1) is 5.92 Å². The molecule has 1 aliphatic heterocycles. The first-order valence-electron chi connectivity index (χ1n) is 7.58. The summed E-state index contributed by atoms with van der Waals surface area (Å²) in [7, 11) is 1.72. The molecular formula is C16H22ClNO3. The van der Waals surface area contributed by atoms with Crippen LogP contribution in [-0.4, -0.2) is 40.0 Å². The van der Waals surface area contributed by atoms with E-state index in [0.717, 1.165) is 31.9 Å². The molecule has 1 N–H and O–H groups in total. The summed E-state index contributed by atoms with van der Waals surface area (Å²) < 4.78 is 16.5. The third kappa shape index (κ3) is 3.62. The first-order valence-corrected chi connectivity index (χ1v) is 7.96. The zero-order valence-electron chi connectivity index (χ0n) is 12.4. The van der Waals surface area contributed by atoms with Crippen molar-refractivity contribution >= 4 is 11.6 Å². The van der Waals surface area contributed by atoms with Gasteiger partial charge in [-0.05, 0) is 42.5 Å². The highest BCUT2D eigenvalue weighted by molar-refractivity contribution is 6.32. The van der Waals surface area contributed by atoms with Gasteiger partial charge in [0.2, 0.25) is 0 Å². The Morgan fingerprint density at radius 1 is 1.33 bits per heavy atom. The molecule has 2 atom stereocenters. The van der Waals surface area contributed by atoms with Crippen molar-refractivity contribution < 1.29 is 14.2 Å². The number of hydrogen-bond donors (Lipinski definition) is 1. The maximum atomic E-state index is 6.35. The van der Waals surface area contributed by atoms with E-state index in [1.807, 2.05) is 6.07 Å². The number of fused-ring (bicyclic) bond motifs is 1. The minimum Gasteiger partial charge on any atom is -0.489 e. The molecule has 0 radical (unpaired) electrons. The van der Waals surface area contributed by atoms with E-state index in [1.165, 1.54) is 12.0 Å². The second-order valence-corrected chi connectivity index (χ2v) is 6.09. The molecule has 3 rings (SSSR count). The number of halogens is 1. The highest BCUT2D eigenvalue weighted by Gasteiger charge is 2.38. The molecule has 1 aromatic rings. The molecule has 1 heterocycles. The van der Waals surface area contributed by atoms with E-state index < -0.39 is 0 Å². The minimum atomic E-state index is 0.578. The highest BCUT2D eigenvalue weighted by atomic mass is 35.5. The molecule has 5 heteroatoms. The van der Waals surface area contributed by atoms with Gasteiger partial charge < -0.3 is 19.5 Å². The molecule has 0 saturated heterocycles. The van der Waals surface area contributed by atoms with Crippen LogP contribution in [-0.2, 0) is 4.74 Å². The van der Waals surface area contributed by atoms with Crippen molar-refractivity contribution in [2.75, 3.05) is 40.0 Å². The summed E-state index contributed by atoms with van der Waals surface area (Å²) in [6, 6.07) is 4.14. The van der Waals surface area contributed by atoms with Gasteiger partial charge in [-0.1, -0.05) is 11.6 Å². The molecule has 0 bridgehead atoms. The summed E-state index contributed by atoms with van der Waals surface area (Å²) in [5.74, 6) is 2.76. The third-order valence-electron chi connectivity index (χ3n) is 4.06. The Morgan fingerprint density at radius 2 is 2.19 bits per heavy atom. The molecule has 0 aromatic heterocycles. The Morgan fingerprint density at radius 3 is 3.05 bits per heavy atom.